The molecule has 7 rings (SSSR count). The molecule has 3 nitrogen and oxygen atoms in total. The molecule has 5 aliphatic rings. The molecule has 1 heterocycles. The molecule has 154 valence electrons. The average Bonchev–Trinajstić information content (AvgIpc) is 2.78. The van der Waals surface area contributed by atoms with Gasteiger partial charge in [-0.25, -0.2) is 0 Å². The molecule has 0 unspecified atom stereocenters. The molecule has 0 radical (unpaired) electrons. The van der Waals surface area contributed by atoms with Crippen LogP contribution in [0.5, 0.6) is 0 Å². The third kappa shape index (κ3) is 3.11. The second kappa shape index (κ2) is 7.09. The Morgan fingerprint density at radius 1 is 0.800 bits per heavy atom. The van der Waals surface area contributed by atoms with Crippen molar-refractivity contribution in [1.82, 2.24) is 4.90 Å². The zero-order valence-electron chi connectivity index (χ0n) is 17.5. The van der Waals surface area contributed by atoms with Crippen molar-refractivity contribution < 1.29 is 4.79 Å². The van der Waals surface area contributed by atoms with Crippen LogP contribution in [0.2, 0.25) is 0 Å². The number of carbonyl (C=O) groups is 1. The first-order chi connectivity index (χ1) is 14.7. The van der Waals surface area contributed by atoms with Crippen LogP contribution in [0.4, 0.5) is 5.69 Å². The standard InChI is InChI=1S/C27H30N2O/c30-26(23-7-3-1-4-8-23)24-17-28(25-9-5-2-6-10-25)19-29(18-24)27-14-20-11-21(15-27)13-22(12-20)16-27/h1-10,17,20-22H,11-16,18-19H2. The third-order valence-electron chi connectivity index (χ3n) is 8.09. The summed E-state index contributed by atoms with van der Waals surface area (Å²) in [5, 5.41) is 0. The Bertz CT molecular complexity index is 930. The van der Waals surface area contributed by atoms with Crippen LogP contribution in [0.15, 0.2) is 72.4 Å². The van der Waals surface area contributed by atoms with E-state index >= 15 is 0 Å². The van der Waals surface area contributed by atoms with Crippen LogP contribution in [0.25, 0.3) is 0 Å². The number of anilines is 1. The predicted molar refractivity (Wildman–Crippen MR) is 120 cm³/mol. The van der Waals surface area contributed by atoms with E-state index in [0.29, 0.717) is 0 Å². The van der Waals surface area contributed by atoms with Gasteiger partial charge in [0.05, 0.1) is 6.67 Å². The van der Waals surface area contributed by atoms with E-state index < -0.39 is 0 Å². The van der Waals surface area contributed by atoms with E-state index in [1.165, 1.54) is 44.2 Å². The van der Waals surface area contributed by atoms with Gasteiger partial charge in [-0.05, 0) is 68.4 Å². The first-order valence-electron chi connectivity index (χ1n) is 11.6. The van der Waals surface area contributed by atoms with Gasteiger partial charge in [0.1, 0.15) is 0 Å². The van der Waals surface area contributed by atoms with Crippen LogP contribution in [0, 0.1) is 17.8 Å². The van der Waals surface area contributed by atoms with E-state index in [0.717, 1.165) is 42.1 Å². The fourth-order valence-corrected chi connectivity index (χ4v) is 7.16. The minimum absolute atomic E-state index is 0.172. The topological polar surface area (TPSA) is 23.6 Å². The minimum atomic E-state index is 0.172. The fourth-order valence-electron chi connectivity index (χ4n) is 7.16. The molecule has 0 aromatic heterocycles. The molecule has 4 aliphatic carbocycles. The van der Waals surface area contributed by atoms with E-state index in [1.807, 2.05) is 30.3 Å². The summed E-state index contributed by atoms with van der Waals surface area (Å²) in [5.41, 5.74) is 3.18. The monoisotopic (exact) mass is 398 g/mol. The highest BCUT2D eigenvalue weighted by Crippen LogP contribution is 2.58. The number of hydrogen-bond acceptors (Lipinski definition) is 3. The Balaban J connectivity index is 1.36. The van der Waals surface area contributed by atoms with Crippen molar-refractivity contribution in [3.63, 3.8) is 0 Å². The van der Waals surface area contributed by atoms with Crippen LogP contribution in [0.1, 0.15) is 48.9 Å². The fraction of sp³-hybridized carbons (Fsp3) is 0.444. The molecule has 2 aromatic carbocycles. The SMILES string of the molecule is O=C(C1=CN(c2ccccc2)CN(C23CC4CC(CC(C4)C2)C3)C1)c1ccccc1. The number of benzene rings is 2. The quantitative estimate of drug-likeness (QED) is 0.635. The van der Waals surface area contributed by atoms with Gasteiger partial charge in [-0.15, -0.1) is 0 Å². The Morgan fingerprint density at radius 2 is 1.37 bits per heavy atom. The highest BCUT2D eigenvalue weighted by atomic mass is 16.1. The second-order valence-corrected chi connectivity index (χ2v) is 10.1. The molecule has 2 aromatic rings. The van der Waals surface area contributed by atoms with Crippen LogP contribution in [-0.2, 0) is 0 Å². The molecule has 4 saturated carbocycles. The van der Waals surface area contributed by atoms with Crippen molar-refractivity contribution in [1.29, 1.82) is 0 Å². The first kappa shape index (κ1) is 18.4. The number of Topliss-reactive ketones (excluding diaryl/α,β-unsaturated/α-hetero) is 1. The number of hydrogen-bond donors (Lipinski definition) is 0. The maximum absolute atomic E-state index is 13.4. The summed E-state index contributed by atoms with van der Waals surface area (Å²) >= 11 is 0. The molecule has 4 bridgehead atoms. The summed E-state index contributed by atoms with van der Waals surface area (Å²) in [6, 6.07) is 20.3. The van der Waals surface area contributed by atoms with Gasteiger partial charge >= 0.3 is 0 Å². The lowest BCUT2D eigenvalue weighted by Gasteiger charge is -2.61. The molecule has 0 amide bonds. The van der Waals surface area contributed by atoms with Crippen molar-refractivity contribution in [2.24, 2.45) is 17.8 Å². The van der Waals surface area contributed by atoms with Crippen LogP contribution >= 0.6 is 0 Å². The molecule has 0 spiro atoms. The lowest BCUT2D eigenvalue weighted by Crippen LogP contribution is -2.63. The smallest absolute Gasteiger partial charge is 0.191 e. The van der Waals surface area contributed by atoms with Gasteiger partial charge < -0.3 is 4.90 Å². The molecule has 0 N–H and O–H groups in total. The van der Waals surface area contributed by atoms with Gasteiger partial charge in [0.25, 0.3) is 0 Å². The zero-order valence-corrected chi connectivity index (χ0v) is 17.5. The molecular formula is C27H30N2O. The molecule has 0 atom stereocenters. The Hall–Kier alpha value is -2.39. The highest BCUT2D eigenvalue weighted by molar-refractivity contribution is 6.09. The summed E-state index contributed by atoms with van der Waals surface area (Å²) in [6.07, 6.45) is 10.4. The van der Waals surface area contributed by atoms with Crippen molar-refractivity contribution in [3.05, 3.63) is 78.0 Å². The first-order valence-corrected chi connectivity index (χ1v) is 11.6. The lowest BCUT2D eigenvalue weighted by atomic mass is 9.52. The van der Waals surface area contributed by atoms with Crippen molar-refractivity contribution in [2.75, 3.05) is 18.1 Å². The van der Waals surface area contributed by atoms with E-state index in [1.54, 1.807) is 0 Å². The summed E-state index contributed by atoms with van der Waals surface area (Å²) in [7, 11) is 0. The van der Waals surface area contributed by atoms with Gasteiger partial charge in [0, 0.05) is 35.1 Å². The Labute approximate surface area is 179 Å². The Morgan fingerprint density at radius 3 is 1.97 bits per heavy atom. The molecule has 3 heteroatoms. The molecule has 4 fully saturated rings. The number of rotatable bonds is 4. The van der Waals surface area contributed by atoms with Crippen molar-refractivity contribution >= 4 is 11.5 Å². The van der Waals surface area contributed by atoms with Gasteiger partial charge in [-0.2, -0.15) is 0 Å². The van der Waals surface area contributed by atoms with Gasteiger partial charge in [-0.1, -0.05) is 48.5 Å². The lowest BCUT2D eigenvalue weighted by molar-refractivity contribution is -0.0859. The summed E-state index contributed by atoms with van der Waals surface area (Å²) in [4.78, 5) is 18.4. The summed E-state index contributed by atoms with van der Waals surface area (Å²) < 4.78 is 0. The number of para-hydroxylation sites is 1. The average molecular weight is 399 g/mol. The van der Waals surface area contributed by atoms with Gasteiger partial charge in [0.2, 0.25) is 0 Å². The number of nitrogens with zero attached hydrogens (tertiary/aromatic N) is 2. The van der Waals surface area contributed by atoms with Crippen LogP contribution in [-0.4, -0.2) is 29.4 Å². The summed E-state index contributed by atoms with van der Waals surface area (Å²) in [5.74, 6) is 2.88. The van der Waals surface area contributed by atoms with Crippen molar-refractivity contribution in [3.8, 4) is 0 Å². The minimum Gasteiger partial charge on any atom is -0.334 e. The predicted octanol–water partition coefficient (Wildman–Crippen LogP) is 5.50. The largest absolute Gasteiger partial charge is 0.334 e. The summed E-state index contributed by atoms with van der Waals surface area (Å²) in [6.45, 7) is 1.67. The van der Waals surface area contributed by atoms with Gasteiger partial charge in [-0.3, -0.25) is 9.69 Å². The van der Waals surface area contributed by atoms with E-state index in [-0.39, 0.29) is 11.3 Å². The highest BCUT2D eigenvalue weighted by Gasteiger charge is 2.54. The van der Waals surface area contributed by atoms with E-state index in [2.05, 4.69) is 46.3 Å². The van der Waals surface area contributed by atoms with Gasteiger partial charge in [0.15, 0.2) is 5.78 Å². The number of carbonyl (C=O) groups excluding carboxylic acids is 1. The maximum Gasteiger partial charge on any atom is 0.191 e. The molecular weight excluding hydrogens is 368 g/mol. The number of ketones is 1. The molecule has 30 heavy (non-hydrogen) atoms. The zero-order chi connectivity index (χ0) is 20.1. The van der Waals surface area contributed by atoms with Crippen LogP contribution in [0.3, 0.4) is 0 Å². The normalized spacial score (nSPS) is 32.9. The van der Waals surface area contributed by atoms with E-state index in [9.17, 15) is 4.79 Å². The van der Waals surface area contributed by atoms with Crippen LogP contribution < -0.4 is 4.90 Å². The maximum atomic E-state index is 13.4. The molecule has 1 aliphatic heterocycles. The Kier molecular flexibility index (Phi) is 4.35. The second-order valence-electron chi connectivity index (χ2n) is 10.1. The molecule has 0 saturated heterocycles. The van der Waals surface area contributed by atoms with E-state index in [4.69, 9.17) is 0 Å². The van der Waals surface area contributed by atoms with Crippen molar-refractivity contribution in [2.45, 2.75) is 44.1 Å². The third-order valence-corrected chi connectivity index (χ3v) is 8.09.